The van der Waals surface area contributed by atoms with Gasteiger partial charge in [-0.3, -0.25) is 4.79 Å². The summed E-state index contributed by atoms with van der Waals surface area (Å²) in [5.74, 6) is -0.446. The average Bonchev–Trinajstić information content (AvgIpc) is 2.29. The third-order valence-corrected chi connectivity index (χ3v) is 2.38. The van der Waals surface area contributed by atoms with Crippen LogP contribution in [-0.4, -0.2) is 44.0 Å². The highest BCUT2D eigenvalue weighted by atomic mass is 19.1. The van der Waals surface area contributed by atoms with Gasteiger partial charge in [-0.1, -0.05) is 0 Å². The Morgan fingerprint density at radius 2 is 1.94 bits per heavy atom. The number of anilines is 1. The molecular formula is C13H20FN3O. The molecule has 1 rings (SSSR count). The van der Waals surface area contributed by atoms with E-state index in [-0.39, 0.29) is 24.3 Å². The van der Waals surface area contributed by atoms with Gasteiger partial charge >= 0.3 is 0 Å². The molecule has 5 heteroatoms. The molecule has 18 heavy (non-hydrogen) atoms. The zero-order valence-corrected chi connectivity index (χ0v) is 11.0. The number of carbonyl (C=O) groups is 1. The molecule has 1 unspecified atom stereocenters. The number of halogens is 1. The van der Waals surface area contributed by atoms with E-state index in [0.29, 0.717) is 5.69 Å². The van der Waals surface area contributed by atoms with Gasteiger partial charge in [0.1, 0.15) is 5.82 Å². The molecule has 1 amide bonds. The van der Waals surface area contributed by atoms with Crippen LogP contribution in [0.1, 0.15) is 6.92 Å². The number of amides is 1. The average molecular weight is 253 g/mol. The van der Waals surface area contributed by atoms with Gasteiger partial charge in [-0.15, -0.1) is 0 Å². The summed E-state index contributed by atoms with van der Waals surface area (Å²) in [5, 5.41) is 5.81. The minimum atomic E-state index is -0.314. The Balaban J connectivity index is 2.31. The summed E-state index contributed by atoms with van der Waals surface area (Å²) in [5.41, 5.74) is 0.600. The molecule has 0 radical (unpaired) electrons. The Kier molecular flexibility index (Phi) is 5.74. The molecule has 0 spiro atoms. The highest BCUT2D eigenvalue weighted by Gasteiger charge is 2.06. The minimum absolute atomic E-state index is 0.132. The second-order valence-corrected chi connectivity index (χ2v) is 4.60. The van der Waals surface area contributed by atoms with Crippen molar-refractivity contribution in [3.63, 3.8) is 0 Å². The maximum atomic E-state index is 12.7. The summed E-state index contributed by atoms with van der Waals surface area (Å²) in [4.78, 5) is 13.7. The Morgan fingerprint density at radius 1 is 1.33 bits per heavy atom. The molecule has 0 bridgehead atoms. The molecule has 1 aromatic rings. The molecule has 2 N–H and O–H groups in total. The Hall–Kier alpha value is -1.46. The van der Waals surface area contributed by atoms with Gasteiger partial charge in [-0.05, 0) is 45.3 Å². The van der Waals surface area contributed by atoms with Gasteiger partial charge in [0.15, 0.2) is 0 Å². The van der Waals surface area contributed by atoms with Crippen molar-refractivity contribution in [1.29, 1.82) is 0 Å². The molecule has 0 fully saturated rings. The molecule has 0 aliphatic rings. The lowest BCUT2D eigenvalue weighted by atomic mass is 10.3. The Morgan fingerprint density at radius 3 is 2.50 bits per heavy atom. The van der Waals surface area contributed by atoms with E-state index in [9.17, 15) is 9.18 Å². The van der Waals surface area contributed by atoms with Crippen molar-refractivity contribution in [1.82, 2.24) is 10.2 Å². The maximum Gasteiger partial charge on any atom is 0.238 e. The predicted molar refractivity (Wildman–Crippen MR) is 71.0 cm³/mol. The van der Waals surface area contributed by atoms with E-state index in [0.717, 1.165) is 6.54 Å². The lowest BCUT2D eigenvalue weighted by Crippen LogP contribution is -2.40. The summed E-state index contributed by atoms with van der Waals surface area (Å²) in [6.45, 7) is 3.13. The normalized spacial score (nSPS) is 12.5. The van der Waals surface area contributed by atoms with E-state index >= 15 is 0 Å². The van der Waals surface area contributed by atoms with E-state index in [4.69, 9.17) is 0 Å². The molecule has 4 nitrogen and oxygen atoms in total. The number of nitrogens with zero attached hydrogens (tertiary/aromatic N) is 1. The Bertz CT molecular complexity index is 378. The van der Waals surface area contributed by atoms with Crippen molar-refractivity contribution in [2.24, 2.45) is 0 Å². The van der Waals surface area contributed by atoms with Gasteiger partial charge in [0, 0.05) is 18.3 Å². The second kappa shape index (κ2) is 7.08. The first-order chi connectivity index (χ1) is 8.47. The predicted octanol–water partition coefficient (Wildman–Crippen LogP) is 1.30. The number of hydrogen-bond acceptors (Lipinski definition) is 3. The van der Waals surface area contributed by atoms with Crippen LogP contribution >= 0.6 is 0 Å². The summed E-state index contributed by atoms with van der Waals surface area (Å²) < 4.78 is 12.7. The van der Waals surface area contributed by atoms with E-state index in [2.05, 4.69) is 15.5 Å². The fourth-order valence-electron chi connectivity index (χ4n) is 1.62. The van der Waals surface area contributed by atoms with E-state index in [1.54, 1.807) is 0 Å². The van der Waals surface area contributed by atoms with Gasteiger partial charge in [0.2, 0.25) is 5.91 Å². The first-order valence-corrected chi connectivity index (χ1v) is 5.91. The molecule has 0 saturated heterocycles. The quantitative estimate of drug-likeness (QED) is 0.803. The zero-order valence-electron chi connectivity index (χ0n) is 11.0. The van der Waals surface area contributed by atoms with Gasteiger partial charge in [-0.25, -0.2) is 4.39 Å². The summed E-state index contributed by atoms with van der Waals surface area (Å²) in [7, 11) is 3.97. The fourth-order valence-corrected chi connectivity index (χ4v) is 1.62. The van der Waals surface area contributed by atoms with Crippen molar-refractivity contribution < 1.29 is 9.18 Å². The highest BCUT2D eigenvalue weighted by molar-refractivity contribution is 5.92. The summed E-state index contributed by atoms with van der Waals surface area (Å²) >= 11 is 0. The van der Waals surface area contributed by atoms with Crippen LogP contribution in [0.3, 0.4) is 0 Å². The molecule has 0 aromatic heterocycles. The van der Waals surface area contributed by atoms with E-state index < -0.39 is 0 Å². The minimum Gasteiger partial charge on any atom is -0.325 e. The highest BCUT2D eigenvalue weighted by Crippen LogP contribution is 2.07. The van der Waals surface area contributed by atoms with Crippen LogP contribution in [0.2, 0.25) is 0 Å². The number of rotatable bonds is 6. The Labute approximate surface area is 107 Å². The third-order valence-electron chi connectivity index (χ3n) is 2.38. The molecule has 1 atom stereocenters. The molecular weight excluding hydrogens is 233 g/mol. The SMILES string of the molecule is CC(CN(C)C)NCC(=O)Nc1ccc(F)cc1. The first-order valence-electron chi connectivity index (χ1n) is 5.91. The van der Waals surface area contributed by atoms with Crippen LogP contribution in [0.15, 0.2) is 24.3 Å². The standard InChI is InChI=1S/C13H20FN3O/c1-10(9-17(2)3)15-8-13(18)16-12-6-4-11(14)5-7-12/h4-7,10,15H,8-9H2,1-3H3,(H,16,18). The van der Waals surface area contributed by atoms with E-state index in [1.807, 2.05) is 21.0 Å². The van der Waals surface area contributed by atoms with Gasteiger partial charge in [0.05, 0.1) is 6.54 Å². The lowest BCUT2D eigenvalue weighted by Gasteiger charge is -2.18. The van der Waals surface area contributed by atoms with Crippen molar-refractivity contribution in [3.05, 3.63) is 30.1 Å². The first kappa shape index (κ1) is 14.6. The molecule has 100 valence electrons. The van der Waals surface area contributed by atoms with Crippen LogP contribution in [0.4, 0.5) is 10.1 Å². The van der Waals surface area contributed by atoms with Crippen molar-refractivity contribution in [2.75, 3.05) is 32.5 Å². The molecule has 0 aliphatic carbocycles. The van der Waals surface area contributed by atoms with Gasteiger partial charge in [-0.2, -0.15) is 0 Å². The lowest BCUT2D eigenvalue weighted by molar-refractivity contribution is -0.115. The second-order valence-electron chi connectivity index (χ2n) is 4.60. The summed E-state index contributed by atoms with van der Waals surface area (Å²) in [6.07, 6.45) is 0. The summed E-state index contributed by atoms with van der Waals surface area (Å²) in [6, 6.07) is 5.95. The topological polar surface area (TPSA) is 44.4 Å². The van der Waals surface area contributed by atoms with Crippen LogP contribution in [-0.2, 0) is 4.79 Å². The van der Waals surface area contributed by atoms with Crippen LogP contribution in [0, 0.1) is 5.82 Å². The number of hydrogen-bond donors (Lipinski definition) is 2. The van der Waals surface area contributed by atoms with Crippen molar-refractivity contribution >= 4 is 11.6 Å². The van der Waals surface area contributed by atoms with Gasteiger partial charge < -0.3 is 15.5 Å². The van der Waals surface area contributed by atoms with Gasteiger partial charge in [0.25, 0.3) is 0 Å². The third kappa shape index (κ3) is 5.75. The molecule has 0 saturated carbocycles. The van der Waals surface area contributed by atoms with Crippen molar-refractivity contribution in [2.45, 2.75) is 13.0 Å². The zero-order chi connectivity index (χ0) is 13.5. The smallest absolute Gasteiger partial charge is 0.238 e. The monoisotopic (exact) mass is 253 g/mol. The molecule has 0 aliphatic heterocycles. The fraction of sp³-hybridized carbons (Fsp3) is 0.462. The number of benzene rings is 1. The van der Waals surface area contributed by atoms with Crippen molar-refractivity contribution in [3.8, 4) is 0 Å². The molecule has 1 aromatic carbocycles. The van der Waals surface area contributed by atoms with Crippen LogP contribution < -0.4 is 10.6 Å². The number of likely N-dealkylation sites (N-methyl/N-ethyl adjacent to an activating group) is 1. The molecule has 0 heterocycles. The largest absolute Gasteiger partial charge is 0.325 e. The number of carbonyl (C=O) groups excluding carboxylic acids is 1. The van der Waals surface area contributed by atoms with Crippen LogP contribution in [0.25, 0.3) is 0 Å². The number of nitrogens with one attached hydrogen (secondary N) is 2. The van der Waals surface area contributed by atoms with E-state index in [1.165, 1.54) is 24.3 Å². The maximum absolute atomic E-state index is 12.7. The van der Waals surface area contributed by atoms with Crippen LogP contribution in [0.5, 0.6) is 0 Å².